The second-order valence-electron chi connectivity index (χ2n) is 5.08. The molecule has 0 saturated heterocycles. The quantitative estimate of drug-likeness (QED) is 0.612. The average Bonchev–Trinajstić information content (AvgIpc) is 2.60. The number of benzene rings is 1. The Hall–Kier alpha value is -2.65. The van der Waals surface area contributed by atoms with Gasteiger partial charge >= 0.3 is 6.03 Å². The van der Waals surface area contributed by atoms with Gasteiger partial charge in [0.15, 0.2) is 0 Å². The molecule has 2 rings (SSSR count). The number of anilines is 1. The first-order chi connectivity index (χ1) is 12.0. The molecule has 0 spiro atoms. The second kappa shape index (κ2) is 9.00. The molecule has 0 unspecified atom stereocenters. The fourth-order valence-corrected chi connectivity index (χ4v) is 3.19. The van der Waals surface area contributed by atoms with Crippen LogP contribution in [0.5, 0.6) is 5.88 Å². The van der Waals surface area contributed by atoms with Crippen molar-refractivity contribution in [1.29, 1.82) is 0 Å². The van der Waals surface area contributed by atoms with Crippen LogP contribution in [0.15, 0.2) is 48.7 Å². The highest BCUT2D eigenvalue weighted by Gasteiger charge is 2.11. The Bertz CT molecular complexity index is 797. The highest BCUT2D eigenvalue weighted by Crippen LogP contribution is 2.19. The van der Waals surface area contributed by atoms with Gasteiger partial charge in [-0.2, -0.15) is 0 Å². The third-order valence-electron chi connectivity index (χ3n) is 3.14. The molecule has 0 radical (unpaired) electrons. The van der Waals surface area contributed by atoms with Gasteiger partial charge in [-0.3, -0.25) is 0 Å². The van der Waals surface area contributed by atoms with Gasteiger partial charge < -0.3 is 15.4 Å². The monoisotopic (exact) mass is 364 g/mol. The Kier molecular flexibility index (Phi) is 6.72. The van der Waals surface area contributed by atoms with Crippen LogP contribution in [-0.4, -0.2) is 39.6 Å². The molecule has 0 aliphatic carbocycles. The molecule has 9 heteroatoms. The first-order valence-electron chi connectivity index (χ1n) is 7.55. The van der Waals surface area contributed by atoms with E-state index in [1.54, 1.807) is 42.6 Å². The van der Waals surface area contributed by atoms with Gasteiger partial charge in [-0.15, -0.1) is 0 Å². The van der Waals surface area contributed by atoms with Crippen molar-refractivity contribution in [3.63, 3.8) is 0 Å². The standard InChI is InChI=1S/C16H20N4O4S/c1-24-15-14(8-5-9-17-15)20-16(21)18-10-11-19-25(22,23)12-13-6-3-2-4-7-13/h2-9,19H,10-12H2,1H3,(H2,18,20,21). The van der Waals surface area contributed by atoms with E-state index in [1.807, 2.05) is 6.07 Å². The topological polar surface area (TPSA) is 109 Å². The Morgan fingerprint density at radius 3 is 2.60 bits per heavy atom. The number of rotatable bonds is 8. The van der Waals surface area contributed by atoms with E-state index in [4.69, 9.17) is 4.74 Å². The van der Waals surface area contributed by atoms with Gasteiger partial charge in [-0.25, -0.2) is 22.9 Å². The number of hydrogen-bond donors (Lipinski definition) is 3. The van der Waals surface area contributed by atoms with E-state index in [2.05, 4.69) is 20.3 Å². The zero-order chi connectivity index (χ0) is 18.1. The molecule has 0 saturated carbocycles. The summed E-state index contributed by atoms with van der Waals surface area (Å²) in [6.45, 7) is 0.231. The van der Waals surface area contributed by atoms with Crippen LogP contribution in [0.1, 0.15) is 5.56 Å². The summed E-state index contributed by atoms with van der Waals surface area (Å²) in [6, 6.07) is 11.7. The van der Waals surface area contributed by atoms with E-state index in [1.165, 1.54) is 7.11 Å². The van der Waals surface area contributed by atoms with E-state index in [-0.39, 0.29) is 18.8 Å². The van der Waals surface area contributed by atoms with Crippen molar-refractivity contribution in [3.8, 4) is 5.88 Å². The number of carbonyl (C=O) groups excluding carboxylic acids is 1. The summed E-state index contributed by atoms with van der Waals surface area (Å²) in [4.78, 5) is 15.8. The number of methoxy groups -OCH3 is 1. The molecule has 0 aliphatic rings. The molecule has 25 heavy (non-hydrogen) atoms. The van der Waals surface area contributed by atoms with Gasteiger partial charge in [0.2, 0.25) is 15.9 Å². The molecular weight excluding hydrogens is 344 g/mol. The van der Waals surface area contributed by atoms with Crippen LogP contribution in [-0.2, 0) is 15.8 Å². The zero-order valence-electron chi connectivity index (χ0n) is 13.7. The molecule has 2 amide bonds. The highest BCUT2D eigenvalue weighted by atomic mass is 32.2. The van der Waals surface area contributed by atoms with Crippen LogP contribution in [0, 0.1) is 0 Å². The smallest absolute Gasteiger partial charge is 0.319 e. The fourth-order valence-electron chi connectivity index (χ4n) is 2.04. The zero-order valence-corrected chi connectivity index (χ0v) is 14.5. The predicted octanol–water partition coefficient (Wildman–Crippen LogP) is 1.33. The van der Waals surface area contributed by atoms with E-state index in [9.17, 15) is 13.2 Å². The lowest BCUT2D eigenvalue weighted by Crippen LogP contribution is -2.37. The maximum absolute atomic E-state index is 12.0. The van der Waals surface area contributed by atoms with Gasteiger partial charge in [0.1, 0.15) is 5.69 Å². The summed E-state index contributed by atoms with van der Waals surface area (Å²) >= 11 is 0. The number of urea groups is 1. The summed E-state index contributed by atoms with van der Waals surface area (Å²) in [6.07, 6.45) is 1.55. The summed E-state index contributed by atoms with van der Waals surface area (Å²) in [5.41, 5.74) is 1.12. The van der Waals surface area contributed by atoms with Crippen molar-refractivity contribution in [2.45, 2.75) is 5.75 Å². The molecule has 134 valence electrons. The molecule has 0 atom stereocenters. The van der Waals surface area contributed by atoms with Crippen molar-refractivity contribution in [1.82, 2.24) is 15.0 Å². The maximum Gasteiger partial charge on any atom is 0.319 e. The van der Waals surface area contributed by atoms with E-state index in [0.717, 1.165) is 0 Å². The lowest BCUT2D eigenvalue weighted by atomic mass is 10.2. The summed E-state index contributed by atoms with van der Waals surface area (Å²) in [5, 5.41) is 5.14. The number of nitrogens with zero attached hydrogens (tertiary/aromatic N) is 1. The minimum absolute atomic E-state index is 0.0900. The molecule has 2 aromatic rings. The van der Waals surface area contributed by atoms with E-state index >= 15 is 0 Å². The van der Waals surface area contributed by atoms with Crippen LogP contribution in [0.3, 0.4) is 0 Å². The van der Waals surface area contributed by atoms with E-state index in [0.29, 0.717) is 17.1 Å². The van der Waals surface area contributed by atoms with Crippen molar-refractivity contribution >= 4 is 21.7 Å². The number of carbonyl (C=O) groups is 1. The van der Waals surface area contributed by atoms with Gasteiger partial charge in [0, 0.05) is 19.3 Å². The van der Waals surface area contributed by atoms with Crippen LogP contribution < -0.4 is 20.1 Å². The normalized spacial score (nSPS) is 10.9. The van der Waals surface area contributed by atoms with Crippen molar-refractivity contribution in [2.75, 3.05) is 25.5 Å². The number of aromatic nitrogens is 1. The number of nitrogens with one attached hydrogen (secondary N) is 3. The largest absolute Gasteiger partial charge is 0.480 e. The number of hydrogen-bond acceptors (Lipinski definition) is 5. The molecule has 1 aromatic carbocycles. The van der Waals surface area contributed by atoms with Gasteiger partial charge in [0.05, 0.1) is 12.9 Å². The van der Waals surface area contributed by atoms with Crippen LogP contribution in [0.2, 0.25) is 0 Å². The van der Waals surface area contributed by atoms with Crippen LogP contribution in [0.4, 0.5) is 10.5 Å². The second-order valence-corrected chi connectivity index (χ2v) is 6.89. The van der Waals surface area contributed by atoms with Crippen molar-refractivity contribution < 1.29 is 17.9 Å². The molecule has 0 aliphatic heterocycles. The summed E-state index contributed by atoms with van der Waals surface area (Å²) < 4.78 is 31.4. The molecule has 1 aromatic heterocycles. The van der Waals surface area contributed by atoms with Gasteiger partial charge in [0.25, 0.3) is 0 Å². The Balaban J connectivity index is 1.74. The molecular formula is C16H20N4O4S. The first kappa shape index (κ1) is 18.7. The number of amides is 2. The fraction of sp³-hybridized carbons (Fsp3) is 0.250. The highest BCUT2D eigenvalue weighted by molar-refractivity contribution is 7.88. The maximum atomic E-state index is 12.0. The Morgan fingerprint density at radius 1 is 1.12 bits per heavy atom. The average molecular weight is 364 g/mol. The molecule has 0 fully saturated rings. The number of ether oxygens (including phenoxy) is 1. The molecule has 1 heterocycles. The molecule has 0 bridgehead atoms. The summed E-state index contributed by atoms with van der Waals surface area (Å²) in [5.74, 6) is 0.189. The van der Waals surface area contributed by atoms with E-state index < -0.39 is 16.1 Å². The third kappa shape index (κ3) is 6.40. The van der Waals surface area contributed by atoms with Crippen LogP contribution >= 0.6 is 0 Å². The lowest BCUT2D eigenvalue weighted by Gasteiger charge is -2.10. The van der Waals surface area contributed by atoms with Crippen LogP contribution in [0.25, 0.3) is 0 Å². The molecule has 8 nitrogen and oxygen atoms in total. The minimum atomic E-state index is -3.45. The lowest BCUT2D eigenvalue weighted by molar-refractivity contribution is 0.252. The summed E-state index contributed by atoms with van der Waals surface area (Å²) in [7, 11) is -2.00. The SMILES string of the molecule is COc1ncccc1NC(=O)NCCNS(=O)(=O)Cc1ccccc1. The number of sulfonamides is 1. The minimum Gasteiger partial charge on any atom is -0.480 e. The van der Waals surface area contributed by atoms with Crippen molar-refractivity contribution in [2.24, 2.45) is 0 Å². The predicted molar refractivity (Wildman–Crippen MR) is 94.9 cm³/mol. The third-order valence-corrected chi connectivity index (χ3v) is 4.50. The van der Waals surface area contributed by atoms with Gasteiger partial charge in [-0.1, -0.05) is 30.3 Å². The Labute approximate surface area is 146 Å². The number of pyridine rings is 1. The Morgan fingerprint density at radius 2 is 1.88 bits per heavy atom. The van der Waals surface area contributed by atoms with Crippen molar-refractivity contribution in [3.05, 3.63) is 54.2 Å². The first-order valence-corrected chi connectivity index (χ1v) is 9.20. The van der Waals surface area contributed by atoms with Gasteiger partial charge in [-0.05, 0) is 17.7 Å². The molecule has 3 N–H and O–H groups in total.